The molecule has 1 aliphatic rings. The van der Waals surface area contributed by atoms with Crippen molar-refractivity contribution in [2.24, 2.45) is 0 Å². The van der Waals surface area contributed by atoms with Gasteiger partial charge in [0.25, 0.3) is 0 Å². The average Bonchev–Trinajstić information content (AvgIpc) is 2.57. The van der Waals surface area contributed by atoms with Crippen LogP contribution in [-0.4, -0.2) is 36.0 Å². The molecule has 0 aromatic rings. The Balaban J connectivity index is 2.65. The fourth-order valence-electron chi connectivity index (χ4n) is 1.53. The second kappa shape index (κ2) is 5.76. The predicted molar refractivity (Wildman–Crippen MR) is 58.1 cm³/mol. The fraction of sp³-hybridized carbons (Fsp3) is 0.600. The van der Waals surface area contributed by atoms with E-state index in [9.17, 15) is 9.59 Å². The van der Waals surface area contributed by atoms with Gasteiger partial charge in [0, 0.05) is 22.4 Å². The molecule has 5 heteroatoms. The van der Waals surface area contributed by atoms with Crippen molar-refractivity contribution in [1.29, 1.82) is 0 Å². The Bertz CT molecular complexity index is 318. The highest BCUT2D eigenvalue weighted by Gasteiger charge is 2.36. The molecule has 1 aliphatic heterocycles. The summed E-state index contributed by atoms with van der Waals surface area (Å²) in [5.41, 5.74) is 0. The molecule has 1 atom stereocenters. The lowest BCUT2D eigenvalue weighted by atomic mass is 10.2. The molecule has 0 spiro atoms. The second-order valence-corrected chi connectivity index (χ2v) is 3.50. The molecular weight excluding hydrogens is 262 g/mol. The van der Waals surface area contributed by atoms with Crippen LogP contribution in [0, 0.1) is 10.8 Å². The minimum atomic E-state index is -0.453. The largest absolute Gasteiger partial charge is 0.464 e. The van der Waals surface area contributed by atoms with Gasteiger partial charge in [-0.05, 0) is 18.2 Å². The standard InChI is InChI=1S/C10H12BrNO3/c1-2-15-10(14)8-4-5-9(13)12(8)7-3-6-11/h8H,2,4-5,7H2,1H3. The van der Waals surface area contributed by atoms with Crippen molar-refractivity contribution in [3.8, 4) is 10.8 Å². The van der Waals surface area contributed by atoms with Crippen molar-refractivity contribution in [2.45, 2.75) is 25.8 Å². The van der Waals surface area contributed by atoms with Gasteiger partial charge in [-0.3, -0.25) is 4.79 Å². The van der Waals surface area contributed by atoms with Gasteiger partial charge in [-0.25, -0.2) is 4.79 Å². The minimum Gasteiger partial charge on any atom is -0.464 e. The molecule has 1 rings (SSSR count). The van der Waals surface area contributed by atoms with Crippen molar-refractivity contribution in [1.82, 2.24) is 4.90 Å². The van der Waals surface area contributed by atoms with Gasteiger partial charge in [-0.15, -0.1) is 0 Å². The summed E-state index contributed by atoms with van der Waals surface area (Å²) in [5, 5.41) is 0. The zero-order valence-corrected chi connectivity index (χ0v) is 10.0. The van der Waals surface area contributed by atoms with Crippen LogP contribution in [0.25, 0.3) is 0 Å². The Kier molecular flexibility index (Phi) is 4.63. The summed E-state index contributed by atoms with van der Waals surface area (Å²) in [6, 6.07) is -0.453. The molecule has 0 aromatic heterocycles. The highest BCUT2D eigenvalue weighted by Crippen LogP contribution is 2.19. The highest BCUT2D eigenvalue weighted by molar-refractivity contribution is 9.12. The summed E-state index contributed by atoms with van der Waals surface area (Å²) in [4.78, 5) is 26.9. The molecule has 1 saturated heterocycles. The minimum absolute atomic E-state index is 0.0386. The molecule has 1 amide bonds. The Labute approximate surface area is 97.1 Å². The summed E-state index contributed by atoms with van der Waals surface area (Å²) in [6.45, 7) is 2.35. The smallest absolute Gasteiger partial charge is 0.328 e. The van der Waals surface area contributed by atoms with E-state index in [0.717, 1.165) is 0 Å². The number of nitrogens with zero attached hydrogens (tertiary/aromatic N) is 1. The molecule has 0 aliphatic carbocycles. The SMILES string of the molecule is CCOC(=O)C1CCC(=O)N1CC#CBr. The molecular formula is C10H12BrNO3. The van der Waals surface area contributed by atoms with Crippen LogP contribution in [-0.2, 0) is 14.3 Å². The quantitative estimate of drug-likeness (QED) is 0.567. The Hall–Kier alpha value is -1.02. The number of rotatable bonds is 3. The lowest BCUT2D eigenvalue weighted by Crippen LogP contribution is -2.39. The Morgan fingerprint density at radius 1 is 1.73 bits per heavy atom. The summed E-state index contributed by atoms with van der Waals surface area (Å²) in [7, 11) is 0. The van der Waals surface area contributed by atoms with E-state index in [1.165, 1.54) is 4.90 Å². The lowest BCUT2D eigenvalue weighted by molar-refractivity contribution is -0.151. The second-order valence-electron chi connectivity index (χ2n) is 3.10. The van der Waals surface area contributed by atoms with Gasteiger partial charge in [-0.1, -0.05) is 5.92 Å². The van der Waals surface area contributed by atoms with Gasteiger partial charge in [0.1, 0.15) is 6.04 Å². The summed E-state index contributed by atoms with van der Waals surface area (Å²) in [6.07, 6.45) is 0.926. The number of hydrogen-bond donors (Lipinski definition) is 0. The first-order valence-corrected chi connectivity index (χ1v) is 5.54. The van der Waals surface area contributed by atoms with Gasteiger partial charge in [-0.2, -0.15) is 0 Å². The molecule has 4 nitrogen and oxygen atoms in total. The van der Waals surface area contributed by atoms with E-state index in [1.807, 2.05) is 0 Å². The van der Waals surface area contributed by atoms with E-state index in [2.05, 4.69) is 26.7 Å². The number of carbonyl (C=O) groups is 2. The number of carbonyl (C=O) groups excluding carboxylic acids is 2. The van der Waals surface area contributed by atoms with Gasteiger partial charge in [0.2, 0.25) is 5.91 Å². The summed E-state index contributed by atoms with van der Waals surface area (Å²) >= 11 is 2.95. The zero-order chi connectivity index (χ0) is 11.3. The number of hydrogen-bond acceptors (Lipinski definition) is 3. The third-order valence-electron chi connectivity index (χ3n) is 2.20. The maximum absolute atomic E-state index is 11.5. The van der Waals surface area contributed by atoms with Crippen molar-refractivity contribution >= 4 is 27.8 Å². The third-order valence-corrected chi connectivity index (χ3v) is 2.48. The van der Waals surface area contributed by atoms with Crippen LogP contribution in [0.3, 0.4) is 0 Å². The highest BCUT2D eigenvalue weighted by atomic mass is 79.9. The van der Waals surface area contributed by atoms with Crippen LogP contribution >= 0.6 is 15.9 Å². The Morgan fingerprint density at radius 2 is 2.47 bits per heavy atom. The first kappa shape index (κ1) is 12.1. The van der Waals surface area contributed by atoms with Crippen LogP contribution in [0.15, 0.2) is 0 Å². The van der Waals surface area contributed by atoms with E-state index in [1.54, 1.807) is 6.92 Å². The summed E-state index contributed by atoms with van der Waals surface area (Å²) in [5.74, 6) is 2.34. The molecule has 0 aromatic carbocycles. The third kappa shape index (κ3) is 2.96. The number of ether oxygens (including phenoxy) is 1. The van der Waals surface area contributed by atoms with Crippen molar-refractivity contribution < 1.29 is 14.3 Å². The Morgan fingerprint density at radius 3 is 3.07 bits per heavy atom. The molecule has 0 radical (unpaired) electrons. The van der Waals surface area contributed by atoms with Crippen molar-refractivity contribution in [3.05, 3.63) is 0 Å². The van der Waals surface area contributed by atoms with E-state index >= 15 is 0 Å². The molecule has 1 fully saturated rings. The van der Waals surface area contributed by atoms with Crippen LogP contribution in [0.4, 0.5) is 0 Å². The van der Waals surface area contributed by atoms with E-state index in [0.29, 0.717) is 19.4 Å². The molecule has 82 valence electrons. The van der Waals surface area contributed by atoms with E-state index in [4.69, 9.17) is 4.74 Å². The van der Waals surface area contributed by atoms with Crippen LogP contribution in [0.1, 0.15) is 19.8 Å². The van der Waals surface area contributed by atoms with Crippen LogP contribution < -0.4 is 0 Å². The van der Waals surface area contributed by atoms with Gasteiger partial charge < -0.3 is 9.64 Å². The zero-order valence-electron chi connectivity index (χ0n) is 8.46. The van der Waals surface area contributed by atoms with E-state index in [-0.39, 0.29) is 18.4 Å². The maximum atomic E-state index is 11.5. The molecule has 0 N–H and O–H groups in total. The summed E-state index contributed by atoms with van der Waals surface area (Å²) < 4.78 is 4.89. The number of amides is 1. The molecule has 1 unspecified atom stereocenters. The first-order chi connectivity index (χ1) is 7.20. The maximum Gasteiger partial charge on any atom is 0.328 e. The number of esters is 1. The van der Waals surface area contributed by atoms with Crippen LogP contribution in [0.5, 0.6) is 0 Å². The first-order valence-electron chi connectivity index (χ1n) is 4.75. The predicted octanol–water partition coefficient (Wildman–Crippen LogP) is 0.896. The van der Waals surface area contributed by atoms with Crippen molar-refractivity contribution in [2.75, 3.05) is 13.2 Å². The molecule has 0 bridgehead atoms. The lowest BCUT2D eigenvalue weighted by Gasteiger charge is -2.20. The molecule has 1 heterocycles. The van der Waals surface area contributed by atoms with Gasteiger partial charge in [0.15, 0.2) is 0 Å². The van der Waals surface area contributed by atoms with Crippen LogP contribution in [0.2, 0.25) is 0 Å². The van der Waals surface area contributed by atoms with Gasteiger partial charge in [0.05, 0.1) is 13.2 Å². The van der Waals surface area contributed by atoms with Crippen molar-refractivity contribution in [3.63, 3.8) is 0 Å². The number of likely N-dealkylation sites (tertiary alicyclic amines) is 1. The average molecular weight is 274 g/mol. The topological polar surface area (TPSA) is 46.6 Å². The molecule has 0 saturated carbocycles. The van der Waals surface area contributed by atoms with E-state index < -0.39 is 6.04 Å². The number of halogens is 1. The fourth-order valence-corrected chi connectivity index (χ4v) is 1.66. The normalized spacial score (nSPS) is 19.7. The molecule has 15 heavy (non-hydrogen) atoms. The monoisotopic (exact) mass is 273 g/mol. The van der Waals surface area contributed by atoms with Gasteiger partial charge >= 0.3 is 5.97 Å².